The Labute approximate surface area is 179 Å². The summed E-state index contributed by atoms with van der Waals surface area (Å²) in [5, 5.41) is 1.08. The minimum atomic E-state index is -3.41. The third-order valence-electron chi connectivity index (χ3n) is 4.33. The number of hydrogen-bond acceptors (Lipinski definition) is 6. The highest BCUT2D eigenvalue weighted by molar-refractivity contribution is 7.90. The first-order chi connectivity index (χ1) is 13.7. The maximum absolute atomic E-state index is 13.3. The quantitative estimate of drug-likeness (QED) is 0.544. The lowest BCUT2D eigenvalue weighted by Crippen LogP contribution is -2.33. The van der Waals surface area contributed by atoms with E-state index < -0.39 is 9.84 Å². The summed E-state index contributed by atoms with van der Waals surface area (Å²) in [5.41, 5.74) is 0.965. The van der Waals surface area contributed by atoms with Crippen LogP contribution in [0, 0.1) is 0 Å². The van der Waals surface area contributed by atoms with E-state index in [0.717, 1.165) is 23.9 Å². The highest BCUT2D eigenvalue weighted by atomic mass is 35.5. The van der Waals surface area contributed by atoms with Gasteiger partial charge in [0.2, 0.25) is 0 Å². The molecule has 6 nitrogen and oxygen atoms in total. The lowest BCUT2D eigenvalue weighted by Gasteiger charge is -2.21. The molecule has 0 aliphatic carbocycles. The molecule has 0 saturated carbocycles. The van der Waals surface area contributed by atoms with E-state index in [1.165, 1.54) is 23.5 Å². The number of halogens is 1. The molecule has 1 aromatic heterocycles. The van der Waals surface area contributed by atoms with Gasteiger partial charge in [0.1, 0.15) is 5.52 Å². The number of carbonyl (C=O) groups excluding carboxylic acids is 1. The smallest absolute Gasteiger partial charge is 0.260 e. The van der Waals surface area contributed by atoms with E-state index in [1.54, 1.807) is 23.1 Å². The molecule has 1 amide bonds. The number of para-hydroxylation sites is 1. The summed E-state index contributed by atoms with van der Waals surface area (Å²) in [7, 11) is 0.531. The van der Waals surface area contributed by atoms with Gasteiger partial charge in [-0.1, -0.05) is 35.1 Å². The zero-order valence-electron chi connectivity index (χ0n) is 16.4. The standard InChI is InChI=1S/C20H22ClN3O3S2/c1-23(2)11-6-12-24(20-22-18-16(21)9-5-10-17(18)28-20)19(25)14-7-4-8-15(13-14)29(3,26)27/h4-5,7-10,13H,6,11-12H2,1-3H3. The van der Waals surface area contributed by atoms with Gasteiger partial charge in [-0.25, -0.2) is 13.4 Å². The van der Waals surface area contributed by atoms with Crippen molar-refractivity contribution >= 4 is 54.0 Å². The molecular formula is C20H22ClN3O3S2. The Morgan fingerprint density at radius 3 is 2.52 bits per heavy atom. The van der Waals surface area contributed by atoms with Crippen LogP contribution >= 0.6 is 22.9 Å². The van der Waals surface area contributed by atoms with Crippen LogP contribution in [0.1, 0.15) is 16.8 Å². The Bertz CT molecular complexity index is 1140. The van der Waals surface area contributed by atoms with E-state index in [9.17, 15) is 13.2 Å². The molecule has 0 aliphatic rings. The number of aromatic nitrogens is 1. The predicted molar refractivity (Wildman–Crippen MR) is 119 cm³/mol. The van der Waals surface area contributed by atoms with E-state index in [4.69, 9.17) is 11.6 Å². The number of fused-ring (bicyclic) bond motifs is 1. The number of carbonyl (C=O) groups is 1. The van der Waals surface area contributed by atoms with E-state index in [0.29, 0.717) is 27.8 Å². The predicted octanol–water partition coefficient (Wildman–Crippen LogP) is 3.95. The zero-order valence-corrected chi connectivity index (χ0v) is 18.8. The van der Waals surface area contributed by atoms with Crippen molar-refractivity contribution in [2.45, 2.75) is 11.3 Å². The summed E-state index contributed by atoms with van der Waals surface area (Å²) in [5.74, 6) is -0.288. The third kappa shape index (κ3) is 5.14. The van der Waals surface area contributed by atoms with Crippen LogP contribution in [-0.4, -0.2) is 57.6 Å². The van der Waals surface area contributed by atoms with Crippen molar-refractivity contribution in [1.82, 2.24) is 9.88 Å². The van der Waals surface area contributed by atoms with Gasteiger partial charge in [0.05, 0.1) is 14.6 Å². The number of anilines is 1. The molecule has 3 aromatic rings. The fraction of sp³-hybridized carbons (Fsp3) is 0.300. The second-order valence-electron chi connectivity index (χ2n) is 7.00. The molecule has 0 aliphatic heterocycles. The van der Waals surface area contributed by atoms with Crippen molar-refractivity contribution in [2.75, 3.05) is 38.3 Å². The fourth-order valence-corrected chi connectivity index (χ4v) is 4.82. The number of nitrogens with zero attached hydrogens (tertiary/aromatic N) is 3. The van der Waals surface area contributed by atoms with Gasteiger partial charge in [-0.3, -0.25) is 9.69 Å². The van der Waals surface area contributed by atoms with Gasteiger partial charge in [0.25, 0.3) is 5.91 Å². The van der Waals surface area contributed by atoms with Crippen LogP contribution in [0.3, 0.4) is 0 Å². The van der Waals surface area contributed by atoms with Crippen LogP contribution in [0.15, 0.2) is 47.4 Å². The number of rotatable bonds is 7. The lowest BCUT2D eigenvalue weighted by molar-refractivity contribution is 0.0986. The molecule has 0 N–H and O–H groups in total. The maximum atomic E-state index is 13.3. The van der Waals surface area contributed by atoms with Crippen molar-refractivity contribution in [3.63, 3.8) is 0 Å². The molecule has 2 aromatic carbocycles. The summed E-state index contributed by atoms with van der Waals surface area (Å²) < 4.78 is 24.7. The minimum Gasteiger partial charge on any atom is -0.309 e. The summed E-state index contributed by atoms with van der Waals surface area (Å²) in [6.45, 7) is 1.26. The number of sulfone groups is 1. The molecule has 29 heavy (non-hydrogen) atoms. The fourth-order valence-electron chi connectivity index (χ4n) is 2.86. The largest absolute Gasteiger partial charge is 0.309 e. The van der Waals surface area contributed by atoms with Crippen LogP contribution < -0.4 is 4.90 Å². The molecule has 0 bridgehead atoms. The molecule has 0 atom stereocenters. The molecule has 0 spiro atoms. The molecule has 0 fully saturated rings. The van der Waals surface area contributed by atoms with Gasteiger partial charge in [-0.15, -0.1) is 0 Å². The zero-order chi connectivity index (χ0) is 21.2. The Morgan fingerprint density at radius 2 is 1.86 bits per heavy atom. The Balaban J connectivity index is 2.00. The second-order valence-corrected chi connectivity index (χ2v) is 10.4. The van der Waals surface area contributed by atoms with E-state index in [2.05, 4.69) is 4.98 Å². The lowest BCUT2D eigenvalue weighted by atomic mass is 10.2. The van der Waals surface area contributed by atoms with Gasteiger partial charge in [0, 0.05) is 18.4 Å². The van der Waals surface area contributed by atoms with Crippen LogP contribution in [0.25, 0.3) is 10.2 Å². The molecule has 3 rings (SSSR count). The van der Waals surface area contributed by atoms with E-state index in [1.807, 2.05) is 31.1 Å². The summed E-state index contributed by atoms with van der Waals surface area (Å²) >= 11 is 7.64. The number of thiazole rings is 1. The van der Waals surface area contributed by atoms with Gasteiger partial charge < -0.3 is 4.90 Å². The maximum Gasteiger partial charge on any atom is 0.260 e. The first kappa shape index (κ1) is 21.7. The Kier molecular flexibility index (Phi) is 6.58. The van der Waals surface area contributed by atoms with Gasteiger partial charge in [-0.2, -0.15) is 0 Å². The van der Waals surface area contributed by atoms with Crippen molar-refractivity contribution < 1.29 is 13.2 Å². The second kappa shape index (κ2) is 8.79. The normalized spacial score (nSPS) is 11.9. The molecule has 1 heterocycles. The molecule has 154 valence electrons. The highest BCUT2D eigenvalue weighted by Crippen LogP contribution is 2.33. The Morgan fingerprint density at radius 1 is 1.14 bits per heavy atom. The van der Waals surface area contributed by atoms with Gasteiger partial charge in [0.15, 0.2) is 15.0 Å². The van der Waals surface area contributed by atoms with E-state index >= 15 is 0 Å². The highest BCUT2D eigenvalue weighted by Gasteiger charge is 2.23. The third-order valence-corrected chi connectivity index (χ3v) is 6.79. The summed E-state index contributed by atoms with van der Waals surface area (Å²) in [6.07, 6.45) is 1.87. The van der Waals surface area contributed by atoms with Crippen LogP contribution in [0.2, 0.25) is 5.02 Å². The summed E-state index contributed by atoms with van der Waals surface area (Å²) in [4.78, 5) is 21.7. The van der Waals surface area contributed by atoms with Crippen molar-refractivity contribution in [1.29, 1.82) is 0 Å². The van der Waals surface area contributed by atoms with E-state index in [-0.39, 0.29) is 10.8 Å². The monoisotopic (exact) mass is 451 g/mol. The van der Waals surface area contributed by atoms with Crippen molar-refractivity contribution in [3.8, 4) is 0 Å². The molecule has 0 radical (unpaired) electrons. The van der Waals surface area contributed by atoms with Crippen LogP contribution in [0.4, 0.5) is 5.13 Å². The average Bonchev–Trinajstić information content (AvgIpc) is 3.09. The molecule has 0 unspecified atom stereocenters. The van der Waals surface area contributed by atoms with Crippen molar-refractivity contribution in [3.05, 3.63) is 53.1 Å². The van der Waals surface area contributed by atoms with Crippen LogP contribution in [0.5, 0.6) is 0 Å². The Hall–Kier alpha value is -2.00. The minimum absolute atomic E-state index is 0.115. The number of benzene rings is 2. The summed E-state index contributed by atoms with van der Waals surface area (Å²) in [6, 6.07) is 11.6. The molecular weight excluding hydrogens is 430 g/mol. The first-order valence-corrected chi connectivity index (χ1v) is 12.1. The van der Waals surface area contributed by atoms with Gasteiger partial charge in [-0.05, 0) is 57.4 Å². The number of amides is 1. The topological polar surface area (TPSA) is 70.6 Å². The van der Waals surface area contributed by atoms with Crippen molar-refractivity contribution in [2.24, 2.45) is 0 Å². The average molecular weight is 452 g/mol. The molecule has 0 saturated heterocycles. The first-order valence-electron chi connectivity index (χ1n) is 8.98. The molecule has 9 heteroatoms. The van der Waals surface area contributed by atoms with Gasteiger partial charge >= 0.3 is 0 Å². The SMILES string of the molecule is CN(C)CCCN(C(=O)c1cccc(S(C)(=O)=O)c1)c1nc2c(Cl)cccc2s1. The van der Waals surface area contributed by atoms with Crippen LogP contribution in [-0.2, 0) is 9.84 Å². The number of hydrogen-bond donors (Lipinski definition) is 0.